The number of benzene rings is 2. The summed E-state index contributed by atoms with van der Waals surface area (Å²) >= 11 is 0. The summed E-state index contributed by atoms with van der Waals surface area (Å²) < 4.78 is 2.14. The number of hydrogen-bond donors (Lipinski definition) is 1. The molecule has 0 bridgehead atoms. The van der Waals surface area contributed by atoms with Crippen LogP contribution in [0.1, 0.15) is 21.5 Å². The number of carbonyl (C=O) groups excluding carboxylic acids is 1. The van der Waals surface area contributed by atoms with E-state index in [0.717, 1.165) is 5.56 Å². The third-order valence-electron chi connectivity index (χ3n) is 3.66. The van der Waals surface area contributed by atoms with Crippen LogP contribution in [0.3, 0.4) is 0 Å². The van der Waals surface area contributed by atoms with Gasteiger partial charge in [-0.3, -0.25) is 4.79 Å². The van der Waals surface area contributed by atoms with Crippen LogP contribution in [0, 0.1) is 6.92 Å². The number of primary amides is 1. The molecule has 3 rings (SSSR count). The fourth-order valence-corrected chi connectivity index (χ4v) is 2.60. The Bertz CT molecular complexity index is 787. The number of carbonyl (C=O) groups is 1. The Labute approximate surface area is 117 Å². The van der Waals surface area contributed by atoms with Gasteiger partial charge in [-0.05, 0) is 36.2 Å². The van der Waals surface area contributed by atoms with Gasteiger partial charge in [0.25, 0.3) is 0 Å². The predicted molar refractivity (Wildman–Crippen MR) is 80.7 cm³/mol. The smallest absolute Gasteiger partial charge is 0.249 e. The first-order valence-corrected chi connectivity index (χ1v) is 6.59. The summed E-state index contributed by atoms with van der Waals surface area (Å²) in [5.74, 6) is -0.381. The molecule has 0 aliphatic heterocycles. The molecule has 0 fully saturated rings. The summed E-state index contributed by atoms with van der Waals surface area (Å²) in [6.45, 7) is 2.75. The summed E-state index contributed by atoms with van der Waals surface area (Å²) in [5, 5.41) is 1.24. The number of aromatic nitrogens is 1. The zero-order chi connectivity index (χ0) is 14.1. The molecule has 0 radical (unpaired) electrons. The average Bonchev–Trinajstić information content (AvgIpc) is 2.84. The number of amides is 1. The number of nitrogens with two attached hydrogens (primary N) is 1. The van der Waals surface area contributed by atoms with E-state index in [1.54, 1.807) is 6.07 Å². The van der Waals surface area contributed by atoms with E-state index in [-0.39, 0.29) is 5.91 Å². The molecule has 2 N–H and O–H groups in total. The Kier molecular flexibility index (Phi) is 3.03. The SMILES string of the molecule is Cc1cccc2c1ccn2Cc1ccccc1C(N)=O. The third kappa shape index (κ3) is 2.07. The van der Waals surface area contributed by atoms with Crippen LogP contribution in [0.2, 0.25) is 0 Å². The van der Waals surface area contributed by atoms with E-state index in [2.05, 4.69) is 35.9 Å². The van der Waals surface area contributed by atoms with Crippen LogP contribution in [-0.4, -0.2) is 10.5 Å². The normalized spacial score (nSPS) is 10.8. The Balaban J connectivity index is 2.06. The fraction of sp³-hybridized carbons (Fsp3) is 0.118. The van der Waals surface area contributed by atoms with Crippen molar-refractivity contribution in [2.24, 2.45) is 5.73 Å². The molecular weight excluding hydrogens is 248 g/mol. The van der Waals surface area contributed by atoms with E-state index in [0.29, 0.717) is 12.1 Å². The van der Waals surface area contributed by atoms with E-state index >= 15 is 0 Å². The second kappa shape index (κ2) is 4.85. The summed E-state index contributed by atoms with van der Waals surface area (Å²) in [7, 11) is 0. The largest absolute Gasteiger partial charge is 0.366 e. The topological polar surface area (TPSA) is 48.0 Å². The molecule has 100 valence electrons. The number of aryl methyl sites for hydroxylation is 1. The van der Waals surface area contributed by atoms with E-state index in [9.17, 15) is 4.79 Å². The minimum atomic E-state index is -0.381. The van der Waals surface area contributed by atoms with Gasteiger partial charge in [-0.25, -0.2) is 0 Å². The first-order chi connectivity index (χ1) is 9.66. The summed E-state index contributed by atoms with van der Waals surface area (Å²) in [6, 6.07) is 15.8. The maximum absolute atomic E-state index is 11.5. The average molecular weight is 264 g/mol. The van der Waals surface area contributed by atoms with Crippen molar-refractivity contribution in [1.82, 2.24) is 4.57 Å². The molecule has 0 atom stereocenters. The maximum Gasteiger partial charge on any atom is 0.249 e. The van der Waals surface area contributed by atoms with Crippen molar-refractivity contribution < 1.29 is 4.79 Å². The highest BCUT2D eigenvalue weighted by molar-refractivity contribution is 5.94. The number of fused-ring (bicyclic) bond motifs is 1. The molecule has 1 heterocycles. The van der Waals surface area contributed by atoms with E-state index in [1.165, 1.54) is 16.5 Å². The molecule has 0 saturated heterocycles. The maximum atomic E-state index is 11.5. The predicted octanol–water partition coefficient (Wildman–Crippen LogP) is 3.10. The van der Waals surface area contributed by atoms with Gasteiger partial charge in [0.05, 0.1) is 0 Å². The van der Waals surface area contributed by atoms with Crippen LogP contribution in [0.5, 0.6) is 0 Å². The van der Waals surface area contributed by atoms with Gasteiger partial charge < -0.3 is 10.3 Å². The molecular formula is C17H16N2O. The van der Waals surface area contributed by atoms with E-state index in [4.69, 9.17) is 5.73 Å². The van der Waals surface area contributed by atoms with Crippen LogP contribution in [0.4, 0.5) is 0 Å². The van der Waals surface area contributed by atoms with Crippen molar-refractivity contribution in [2.45, 2.75) is 13.5 Å². The molecule has 3 nitrogen and oxygen atoms in total. The third-order valence-corrected chi connectivity index (χ3v) is 3.66. The Hall–Kier alpha value is -2.55. The first-order valence-electron chi connectivity index (χ1n) is 6.59. The standard InChI is InChI=1S/C17H16N2O/c1-12-5-4-8-16-14(12)9-10-19(16)11-13-6-2-3-7-15(13)17(18)20/h2-10H,11H2,1H3,(H2,18,20). The molecule has 0 aliphatic rings. The van der Waals surface area contributed by atoms with Gasteiger partial charge in [0, 0.05) is 29.2 Å². The lowest BCUT2D eigenvalue weighted by molar-refractivity contribution is 0.0999. The quantitative estimate of drug-likeness (QED) is 0.776. The van der Waals surface area contributed by atoms with E-state index < -0.39 is 0 Å². The highest BCUT2D eigenvalue weighted by Gasteiger charge is 2.09. The highest BCUT2D eigenvalue weighted by atomic mass is 16.1. The van der Waals surface area contributed by atoms with Crippen molar-refractivity contribution in [3.8, 4) is 0 Å². The van der Waals surface area contributed by atoms with Gasteiger partial charge in [-0.1, -0.05) is 30.3 Å². The minimum Gasteiger partial charge on any atom is -0.366 e. The van der Waals surface area contributed by atoms with Crippen LogP contribution >= 0.6 is 0 Å². The van der Waals surface area contributed by atoms with Gasteiger partial charge in [-0.2, -0.15) is 0 Å². The van der Waals surface area contributed by atoms with Crippen LogP contribution in [0.15, 0.2) is 54.7 Å². The summed E-state index contributed by atoms with van der Waals surface area (Å²) in [5.41, 5.74) is 9.39. The van der Waals surface area contributed by atoms with Crippen LogP contribution < -0.4 is 5.73 Å². The lowest BCUT2D eigenvalue weighted by Gasteiger charge is -2.09. The van der Waals surface area contributed by atoms with Crippen molar-refractivity contribution in [3.63, 3.8) is 0 Å². The van der Waals surface area contributed by atoms with Crippen molar-refractivity contribution in [1.29, 1.82) is 0 Å². The molecule has 0 spiro atoms. The van der Waals surface area contributed by atoms with Gasteiger partial charge >= 0.3 is 0 Å². The molecule has 1 amide bonds. The Morgan fingerprint density at radius 1 is 1.10 bits per heavy atom. The van der Waals surface area contributed by atoms with Crippen LogP contribution in [0.25, 0.3) is 10.9 Å². The lowest BCUT2D eigenvalue weighted by Crippen LogP contribution is -2.14. The second-order valence-electron chi connectivity index (χ2n) is 4.97. The molecule has 2 aromatic carbocycles. The molecule has 1 aromatic heterocycles. The summed E-state index contributed by atoms with van der Waals surface area (Å²) in [6.07, 6.45) is 2.05. The lowest BCUT2D eigenvalue weighted by atomic mass is 10.1. The highest BCUT2D eigenvalue weighted by Crippen LogP contribution is 2.21. The molecule has 0 aliphatic carbocycles. The Morgan fingerprint density at radius 3 is 2.70 bits per heavy atom. The number of rotatable bonds is 3. The number of nitrogens with zero attached hydrogens (tertiary/aromatic N) is 1. The molecule has 0 unspecified atom stereocenters. The molecule has 3 aromatic rings. The molecule has 20 heavy (non-hydrogen) atoms. The minimum absolute atomic E-state index is 0.381. The van der Waals surface area contributed by atoms with Gasteiger partial charge in [-0.15, -0.1) is 0 Å². The zero-order valence-electron chi connectivity index (χ0n) is 11.3. The monoisotopic (exact) mass is 264 g/mol. The molecule has 0 saturated carbocycles. The second-order valence-corrected chi connectivity index (χ2v) is 4.97. The zero-order valence-corrected chi connectivity index (χ0v) is 11.3. The van der Waals surface area contributed by atoms with Gasteiger partial charge in [0.2, 0.25) is 5.91 Å². The van der Waals surface area contributed by atoms with Gasteiger partial charge in [0.15, 0.2) is 0 Å². The van der Waals surface area contributed by atoms with Crippen molar-refractivity contribution >= 4 is 16.8 Å². The molecule has 3 heteroatoms. The van der Waals surface area contributed by atoms with Crippen molar-refractivity contribution in [3.05, 3.63) is 71.4 Å². The number of hydrogen-bond acceptors (Lipinski definition) is 1. The Morgan fingerprint density at radius 2 is 1.90 bits per heavy atom. The first kappa shape index (κ1) is 12.5. The van der Waals surface area contributed by atoms with Crippen LogP contribution in [-0.2, 0) is 6.54 Å². The summed E-state index contributed by atoms with van der Waals surface area (Å²) in [4.78, 5) is 11.5. The van der Waals surface area contributed by atoms with Crippen molar-refractivity contribution in [2.75, 3.05) is 0 Å². The van der Waals surface area contributed by atoms with Gasteiger partial charge in [0.1, 0.15) is 0 Å². The van der Waals surface area contributed by atoms with E-state index in [1.807, 2.05) is 24.3 Å². The fourth-order valence-electron chi connectivity index (χ4n) is 2.60.